The first-order valence-electron chi connectivity index (χ1n) is 1.49. The number of carbonyl (C=O) groups is 1. The summed E-state index contributed by atoms with van der Waals surface area (Å²) in [7, 11) is 0. The molecule has 0 heterocycles. The fourth-order valence-corrected chi connectivity index (χ4v) is 0. The average Bonchev–Trinajstić information content (AvgIpc) is 1.71. The Balaban J connectivity index is -0.0000000646. The first-order chi connectivity index (χ1) is 4.15. The Bertz CT molecular complexity index is 108. The molecular weight excluding hydrogens is 124 g/mol. The van der Waals surface area contributed by atoms with Gasteiger partial charge in [0.2, 0.25) is 6.08 Å². The molecule has 0 unspecified atom stereocenters. The highest BCUT2D eigenvalue weighted by molar-refractivity contribution is 5.69. The SMILES string of the molecule is C#N.N=C=O.NC(N)=O. The molecule has 0 radical (unpaired) electrons. The van der Waals surface area contributed by atoms with Gasteiger partial charge in [-0.2, -0.15) is 0 Å². The normalized spacial score (nSPS) is 3.78. The number of primary amides is 2. The minimum Gasteiger partial charge on any atom is -0.352 e. The van der Waals surface area contributed by atoms with E-state index in [9.17, 15) is 0 Å². The van der Waals surface area contributed by atoms with Crippen molar-refractivity contribution in [2.24, 2.45) is 11.5 Å². The lowest BCUT2D eigenvalue weighted by Crippen LogP contribution is -2.18. The van der Waals surface area contributed by atoms with Gasteiger partial charge in [-0.15, -0.1) is 0 Å². The Morgan fingerprint density at radius 3 is 1.56 bits per heavy atom. The standard InChI is InChI=1S/CH4N2O.CHNO.CHN/c2-1(3)4;2-1-3;1-2/h(H4,2,3,4);2H;1H. The van der Waals surface area contributed by atoms with Gasteiger partial charge in [0, 0.05) is 6.57 Å². The van der Waals surface area contributed by atoms with Gasteiger partial charge in [0.25, 0.3) is 0 Å². The molecule has 9 heavy (non-hydrogen) atoms. The molecule has 2 amide bonds. The summed E-state index contributed by atoms with van der Waals surface area (Å²) in [5.74, 6) is 0. The van der Waals surface area contributed by atoms with Crippen LogP contribution in [0.5, 0.6) is 0 Å². The third-order valence-corrected chi connectivity index (χ3v) is 0. The predicted octanol–water partition coefficient (Wildman–Crippen LogP) is -0.935. The first kappa shape index (κ1) is 15.7. The fraction of sp³-hybridized carbons (Fsp3) is 0. The van der Waals surface area contributed by atoms with Gasteiger partial charge in [-0.25, -0.2) is 20.3 Å². The average molecular weight is 130 g/mol. The molecule has 0 rings (SSSR count). The van der Waals surface area contributed by atoms with Crippen LogP contribution in [-0.2, 0) is 4.79 Å². The predicted molar refractivity (Wildman–Crippen MR) is 28.9 cm³/mol. The Kier molecular flexibility index (Phi) is 61.8. The van der Waals surface area contributed by atoms with Crippen LogP contribution in [0.25, 0.3) is 0 Å². The van der Waals surface area contributed by atoms with E-state index in [4.69, 9.17) is 20.3 Å². The number of rotatable bonds is 0. The third kappa shape index (κ3) is 30.4. The van der Waals surface area contributed by atoms with Crippen molar-refractivity contribution in [3.8, 4) is 6.57 Å². The molecule has 5 N–H and O–H groups in total. The van der Waals surface area contributed by atoms with E-state index in [1.165, 1.54) is 0 Å². The number of carbonyl (C=O) groups excluding carboxylic acids is 2. The van der Waals surface area contributed by atoms with E-state index >= 15 is 0 Å². The quantitative estimate of drug-likeness (QED) is 0.288. The summed E-state index contributed by atoms with van der Waals surface area (Å²) in [6, 6.07) is -0.833. The smallest absolute Gasteiger partial charge is 0.309 e. The molecular formula is C3H6N4O2. The highest BCUT2D eigenvalue weighted by Crippen LogP contribution is 1.25. The number of isocyanates is 1. The third-order valence-electron chi connectivity index (χ3n) is 0. The second kappa shape index (κ2) is 35.4. The van der Waals surface area contributed by atoms with Gasteiger partial charge in [0.15, 0.2) is 0 Å². The van der Waals surface area contributed by atoms with E-state index < -0.39 is 6.03 Å². The van der Waals surface area contributed by atoms with Gasteiger partial charge >= 0.3 is 6.03 Å². The van der Waals surface area contributed by atoms with Gasteiger partial charge in [-0.05, 0) is 0 Å². The van der Waals surface area contributed by atoms with Crippen LogP contribution >= 0.6 is 0 Å². The minimum atomic E-state index is -0.833. The number of nitrogens with zero attached hydrogens (tertiary/aromatic N) is 1. The molecule has 0 aromatic rings. The summed E-state index contributed by atoms with van der Waals surface area (Å²) in [4.78, 5) is 17.3. The van der Waals surface area contributed by atoms with Crippen LogP contribution in [0.3, 0.4) is 0 Å². The zero-order chi connectivity index (χ0) is 8.28. The van der Waals surface area contributed by atoms with Gasteiger partial charge in [0.1, 0.15) is 0 Å². The van der Waals surface area contributed by atoms with E-state index in [2.05, 4.69) is 18.0 Å². The van der Waals surface area contributed by atoms with Crippen LogP contribution in [-0.4, -0.2) is 12.1 Å². The maximum atomic E-state index is 9.00. The Labute approximate surface area is 51.6 Å². The largest absolute Gasteiger partial charge is 0.352 e. The van der Waals surface area contributed by atoms with E-state index in [-0.39, 0.29) is 0 Å². The van der Waals surface area contributed by atoms with Crippen LogP contribution in [0.4, 0.5) is 4.79 Å². The molecule has 0 aliphatic heterocycles. The molecule has 0 bridgehead atoms. The number of nitrogens with two attached hydrogens (primary N) is 2. The minimum absolute atomic E-state index is 0.750. The Morgan fingerprint density at radius 2 is 1.56 bits per heavy atom. The monoisotopic (exact) mass is 130 g/mol. The molecule has 0 saturated carbocycles. The topological polar surface area (TPSA) is 134 Å². The van der Waals surface area contributed by atoms with Crippen molar-refractivity contribution in [2.45, 2.75) is 0 Å². The van der Waals surface area contributed by atoms with E-state index in [0.29, 0.717) is 0 Å². The van der Waals surface area contributed by atoms with Crippen LogP contribution in [0.15, 0.2) is 0 Å². The summed E-state index contributed by atoms with van der Waals surface area (Å²) >= 11 is 0. The Hall–Kier alpha value is -1.86. The number of hydrogen-bond acceptors (Lipinski definition) is 4. The second-order valence-electron chi connectivity index (χ2n) is 0.504. The van der Waals surface area contributed by atoms with Crippen molar-refractivity contribution in [2.75, 3.05) is 0 Å². The van der Waals surface area contributed by atoms with Gasteiger partial charge in [-0.1, -0.05) is 0 Å². The molecule has 0 aliphatic carbocycles. The van der Waals surface area contributed by atoms with E-state index in [1.807, 2.05) is 0 Å². The molecule has 0 aliphatic rings. The maximum absolute atomic E-state index is 9.00. The number of amides is 2. The molecule has 0 atom stereocenters. The number of urea groups is 1. The van der Waals surface area contributed by atoms with Crippen LogP contribution in [0, 0.1) is 17.2 Å². The highest BCUT2D eigenvalue weighted by atomic mass is 16.2. The number of nitrogens with one attached hydrogen (secondary N) is 1. The lowest BCUT2D eigenvalue weighted by atomic mass is 11.2. The van der Waals surface area contributed by atoms with Crippen molar-refractivity contribution in [3.05, 3.63) is 0 Å². The van der Waals surface area contributed by atoms with Crippen molar-refractivity contribution in [1.82, 2.24) is 0 Å². The molecule has 0 aromatic heterocycles. The van der Waals surface area contributed by atoms with Crippen molar-refractivity contribution in [3.63, 3.8) is 0 Å². The summed E-state index contributed by atoms with van der Waals surface area (Å²) in [5, 5.41) is 11.9. The van der Waals surface area contributed by atoms with Crippen LogP contribution in [0.2, 0.25) is 0 Å². The second-order valence-corrected chi connectivity index (χ2v) is 0.504. The summed E-state index contributed by atoms with van der Waals surface area (Å²) in [6.07, 6.45) is 0.750. The molecule has 6 nitrogen and oxygen atoms in total. The molecule has 6 heteroatoms. The Morgan fingerprint density at radius 1 is 1.56 bits per heavy atom. The summed E-state index contributed by atoms with van der Waals surface area (Å²) < 4.78 is 0. The zero-order valence-electron chi connectivity index (χ0n) is 4.50. The lowest BCUT2D eigenvalue weighted by molar-refractivity contribution is 0.256. The molecule has 0 saturated heterocycles. The molecule has 50 valence electrons. The highest BCUT2D eigenvalue weighted by Gasteiger charge is 1.60. The van der Waals surface area contributed by atoms with Crippen molar-refractivity contribution in [1.29, 1.82) is 10.7 Å². The number of hydrogen-bond donors (Lipinski definition) is 3. The van der Waals surface area contributed by atoms with E-state index in [1.54, 1.807) is 0 Å². The first-order valence-corrected chi connectivity index (χ1v) is 1.49. The lowest BCUT2D eigenvalue weighted by Gasteiger charge is -1.62. The van der Waals surface area contributed by atoms with Crippen molar-refractivity contribution < 1.29 is 9.59 Å². The molecule has 0 spiro atoms. The zero-order valence-corrected chi connectivity index (χ0v) is 4.50. The summed E-state index contributed by atoms with van der Waals surface area (Å²) in [5.41, 5.74) is 8.50. The number of nitriles is 1. The van der Waals surface area contributed by atoms with Gasteiger partial charge < -0.3 is 11.5 Å². The summed E-state index contributed by atoms with van der Waals surface area (Å²) in [6.45, 7) is 3.50. The van der Waals surface area contributed by atoms with Crippen LogP contribution in [0.1, 0.15) is 0 Å². The fourth-order valence-electron chi connectivity index (χ4n) is 0. The van der Waals surface area contributed by atoms with Gasteiger partial charge in [0.05, 0.1) is 0 Å². The maximum Gasteiger partial charge on any atom is 0.309 e. The van der Waals surface area contributed by atoms with Crippen LogP contribution < -0.4 is 11.5 Å². The van der Waals surface area contributed by atoms with E-state index in [0.717, 1.165) is 6.08 Å². The van der Waals surface area contributed by atoms with Crippen molar-refractivity contribution >= 4 is 12.1 Å². The molecule has 0 aromatic carbocycles. The molecule has 0 fully saturated rings. The van der Waals surface area contributed by atoms with Gasteiger partial charge in [-0.3, -0.25) is 0 Å².